The van der Waals surface area contributed by atoms with E-state index in [1.54, 1.807) is 18.7 Å². The van der Waals surface area contributed by atoms with Gasteiger partial charge in [0.05, 0.1) is 6.10 Å². The van der Waals surface area contributed by atoms with Crippen molar-refractivity contribution in [3.63, 3.8) is 0 Å². The third kappa shape index (κ3) is 4.39. The summed E-state index contributed by atoms with van der Waals surface area (Å²) in [5.41, 5.74) is 0. The zero-order chi connectivity index (χ0) is 12.2. The predicted molar refractivity (Wildman–Crippen MR) is 62.2 cm³/mol. The van der Waals surface area contributed by atoms with Crippen molar-refractivity contribution in [2.24, 2.45) is 0 Å². The summed E-state index contributed by atoms with van der Waals surface area (Å²) in [5.74, 6) is -0.845. The lowest BCUT2D eigenvalue weighted by molar-refractivity contribution is -0.201. The molecule has 0 aromatic rings. The Labute approximate surface area is 97.9 Å². The number of carbonyl (C=O) groups excluding carboxylic acids is 1. The second kappa shape index (κ2) is 5.53. The van der Waals surface area contributed by atoms with Crippen molar-refractivity contribution in [2.45, 2.75) is 58.8 Å². The molecule has 94 valence electrons. The van der Waals surface area contributed by atoms with Gasteiger partial charge in [0, 0.05) is 26.9 Å². The molecule has 1 heterocycles. The second-order valence-electron chi connectivity index (χ2n) is 4.98. The van der Waals surface area contributed by atoms with Gasteiger partial charge < -0.3 is 14.4 Å². The zero-order valence-corrected chi connectivity index (χ0v) is 10.8. The number of rotatable bonds is 3. The summed E-state index contributed by atoms with van der Waals surface area (Å²) >= 11 is 0. The van der Waals surface area contributed by atoms with Crippen LogP contribution in [0.4, 0.5) is 4.79 Å². The summed E-state index contributed by atoms with van der Waals surface area (Å²) in [4.78, 5) is 13.6. The minimum absolute atomic E-state index is 0.0455. The highest BCUT2D eigenvalue weighted by Crippen LogP contribution is 2.18. The lowest BCUT2D eigenvalue weighted by Gasteiger charge is -2.32. The molecule has 0 aromatic carbocycles. The minimum Gasteiger partial charge on any atom is -0.417 e. The molecule has 1 aliphatic heterocycles. The molecule has 0 saturated carbocycles. The number of hydrogen-bond acceptors (Lipinski definition) is 3. The maximum absolute atomic E-state index is 11.8. The van der Waals surface area contributed by atoms with E-state index >= 15 is 0 Å². The molecule has 1 rings (SSSR count). The van der Waals surface area contributed by atoms with E-state index in [4.69, 9.17) is 9.47 Å². The normalized spacial score (nSPS) is 17.7. The van der Waals surface area contributed by atoms with Gasteiger partial charge in [-0.2, -0.15) is 0 Å². The molecule has 1 fully saturated rings. The Balaban J connectivity index is 2.42. The Bertz CT molecular complexity index is 232. The molecule has 0 radical (unpaired) electrons. The Morgan fingerprint density at radius 1 is 1.19 bits per heavy atom. The summed E-state index contributed by atoms with van der Waals surface area (Å²) in [7, 11) is 0. The molecule has 0 bridgehead atoms. The van der Waals surface area contributed by atoms with Gasteiger partial charge in [-0.25, -0.2) is 4.79 Å². The van der Waals surface area contributed by atoms with Crippen LogP contribution in [0.1, 0.15) is 47.0 Å². The minimum atomic E-state index is -0.845. The molecule has 4 heteroatoms. The quantitative estimate of drug-likeness (QED) is 0.698. The molecule has 0 spiro atoms. The van der Waals surface area contributed by atoms with Gasteiger partial charge in [-0.05, 0) is 33.1 Å². The number of nitrogens with zero attached hydrogens (tertiary/aromatic N) is 1. The molecule has 0 aromatic heterocycles. The van der Waals surface area contributed by atoms with Crippen molar-refractivity contribution in [1.29, 1.82) is 0 Å². The Morgan fingerprint density at radius 3 is 2.25 bits per heavy atom. The van der Waals surface area contributed by atoms with Crippen LogP contribution in [0.5, 0.6) is 0 Å². The first-order valence-corrected chi connectivity index (χ1v) is 6.06. The van der Waals surface area contributed by atoms with Crippen LogP contribution in [0.25, 0.3) is 0 Å². The predicted octanol–water partition coefficient (Wildman–Crippen LogP) is 2.77. The Kier molecular flexibility index (Phi) is 4.59. The number of piperidine rings is 1. The van der Waals surface area contributed by atoms with Crippen LogP contribution in [-0.2, 0) is 9.47 Å². The standard InChI is InChI=1S/C12H23NO3/c1-10(2)15-12(3,4)16-11(14)13-8-6-5-7-9-13/h10H,5-9H2,1-4H3. The summed E-state index contributed by atoms with van der Waals surface area (Å²) < 4.78 is 10.9. The highest BCUT2D eigenvalue weighted by atomic mass is 16.7. The smallest absolute Gasteiger partial charge is 0.412 e. The Hall–Kier alpha value is -0.770. The number of ether oxygens (including phenoxy) is 2. The average molecular weight is 229 g/mol. The van der Waals surface area contributed by atoms with E-state index < -0.39 is 5.79 Å². The van der Waals surface area contributed by atoms with Crippen LogP contribution >= 0.6 is 0 Å². The highest BCUT2D eigenvalue weighted by Gasteiger charge is 2.28. The number of likely N-dealkylation sites (tertiary alicyclic amines) is 1. The van der Waals surface area contributed by atoms with Crippen molar-refractivity contribution >= 4 is 6.09 Å². The molecular weight excluding hydrogens is 206 g/mol. The van der Waals surface area contributed by atoms with Gasteiger partial charge in [-0.15, -0.1) is 0 Å². The van der Waals surface area contributed by atoms with Crippen LogP contribution < -0.4 is 0 Å². The molecule has 0 aliphatic carbocycles. The van der Waals surface area contributed by atoms with E-state index in [2.05, 4.69) is 0 Å². The SMILES string of the molecule is CC(C)OC(C)(C)OC(=O)N1CCCCC1. The first-order chi connectivity index (χ1) is 7.41. The first-order valence-electron chi connectivity index (χ1n) is 6.06. The van der Waals surface area contributed by atoms with Gasteiger partial charge in [0.1, 0.15) is 0 Å². The maximum Gasteiger partial charge on any atom is 0.412 e. The van der Waals surface area contributed by atoms with Crippen molar-refractivity contribution in [2.75, 3.05) is 13.1 Å². The van der Waals surface area contributed by atoms with Crippen molar-refractivity contribution in [3.8, 4) is 0 Å². The van der Waals surface area contributed by atoms with E-state index in [9.17, 15) is 4.79 Å². The molecule has 16 heavy (non-hydrogen) atoms. The molecule has 0 atom stereocenters. The average Bonchev–Trinajstić information content (AvgIpc) is 2.16. The van der Waals surface area contributed by atoms with Crippen molar-refractivity contribution in [3.05, 3.63) is 0 Å². The van der Waals surface area contributed by atoms with E-state index in [1.165, 1.54) is 6.42 Å². The van der Waals surface area contributed by atoms with Gasteiger partial charge >= 0.3 is 6.09 Å². The fourth-order valence-corrected chi connectivity index (χ4v) is 1.94. The summed E-state index contributed by atoms with van der Waals surface area (Å²) in [6.07, 6.45) is 3.13. The number of amides is 1. The molecule has 1 amide bonds. The first kappa shape index (κ1) is 13.3. The van der Waals surface area contributed by atoms with Gasteiger partial charge in [-0.1, -0.05) is 0 Å². The summed E-state index contributed by atoms with van der Waals surface area (Å²) in [6, 6.07) is 0. The fourth-order valence-electron chi connectivity index (χ4n) is 1.94. The Morgan fingerprint density at radius 2 is 1.75 bits per heavy atom. The van der Waals surface area contributed by atoms with Gasteiger partial charge in [0.2, 0.25) is 5.79 Å². The fraction of sp³-hybridized carbons (Fsp3) is 0.917. The van der Waals surface area contributed by atoms with E-state index in [-0.39, 0.29) is 12.2 Å². The van der Waals surface area contributed by atoms with Crippen molar-refractivity contribution < 1.29 is 14.3 Å². The van der Waals surface area contributed by atoms with Gasteiger partial charge in [0.25, 0.3) is 0 Å². The van der Waals surface area contributed by atoms with Crippen LogP contribution in [0.2, 0.25) is 0 Å². The molecule has 4 nitrogen and oxygen atoms in total. The topological polar surface area (TPSA) is 38.8 Å². The second-order valence-corrected chi connectivity index (χ2v) is 4.98. The zero-order valence-electron chi connectivity index (χ0n) is 10.8. The molecule has 0 N–H and O–H groups in total. The number of carbonyl (C=O) groups is 1. The van der Waals surface area contributed by atoms with E-state index in [0.717, 1.165) is 25.9 Å². The lowest BCUT2D eigenvalue weighted by Crippen LogP contribution is -2.42. The molecule has 0 unspecified atom stereocenters. The van der Waals surface area contributed by atoms with E-state index in [0.29, 0.717) is 0 Å². The molecule has 1 aliphatic rings. The van der Waals surface area contributed by atoms with Crippen LogP contribution in [-0.4, -0.2) is 36.0 Å². The number of hydrogen-bond donors (Lipinski definition) is 0. The lowest BCUT2D eigenvalue weighted by atomic mass is 10.1. The van der Waals surface area contributed by atoms with Gasteiger partial charge in [0.15, 0.2) is 0 Å². The summed E-state index contributed by atoms with van der Waals surface area (Å²) in [5, 5.41) is 0. The van der Waals surface area contributed by atoms with Gasteiger partial charge in [-0.3, -0.25) is 0 Å². The largest absolute Gasteiger partial charge is 0.417 e. The van der Waals surface area contributed by atoms with E-state index in [1.807, 2.05) is 13.8 Å². The van der Waals surface area contributed by atoms with Crippen LogP contribution in [0, 0.1) is 0 Å². The third-order valence-electron chi connectivity index (χ3n) is 2.47. The highest BCUT2D eigenvalue weighted by molar-refractivity contribution is 5.68. The summed E-state index contributed by atoms with van der Waals surface area (Å²) in [6.45, 7) is 9.00. The van der Waals surface area contributed by atoms with Crippen LogP contribution in [0.3, 0.4) is 0 Å². The van der Waals surface area contributed by atoms with Crippen LogP contribution in [0.15, 0.2) is 0 Å². The maximum atomic E-state index is 11.8. The molecular formula is C12H23NO3. The monoisotopic (exact) mass is 229 g/mol. The third-order valence-corrected chi connectivity index (χ3v) is 2.47. The molecule has 1 saturated heterocycles. The van der Waals surface area contributed by atoms with Crippen molar-refractivity contribution in [1.82, 2.24) is 4.90 Å².